The van der Waals surface area contributed by atoms with E-state index in [9.17, 15) is 17.6 Å². The first-order valence-corrected chi connectivity index (χ1v) is 9.10. The van der Waals surface area contributed by atoms with Crippen molar-refractivity contribution in [1.29, 1.82) is 0 Å². The minimum atomic E-state index is -3.97. The fourth-order valence-electron chi connectivity index (χ4n) is 2.45. The van der Waals surface area contributed by atoms with Gasteiger partial charge in [0.05, 0.1) is 0 Å². The first kappa shape index (κ1) is 17.9. The molecule has 0 spiro atoms. The molecule has 1 aromatic carbocycles. The molecule has 0 heterocycles. The monoisotopic (exact) mass is 342 g/mol. The van der Waals surface area contributed by atoms with Crippen LogP contribution in [-0.4, -0.2) is 37.9 Å². The molecule has 1 saturated carbocycles. The number of carbonyl (C=O) groups is 1. The van der Waals surface area contributed by atoms with E-state index >= 15 is 0 Å². The number of halogens is 1. The highest BCUT2D eigenvalue weighted by molar-refractivity contribution is 7.89. The second kappa shape index (κ2) is 6.20. The zero-order chi connectivity index (χ0) is 17.4. The molecule has 0 atom stereocenters. The Hall–Kier alpha value is -1.47. The number of rotatable bonds is 4. The van der Waals surface area contributed by atoms with E-state index in [2.05, 4.69) is 4.72 Å². The summed E-state index contributed by atoms with van der Waals surface area (Å²) >= 11 is 0. The average molecular weight is 342 g/mol. The van der Waals surface area contributed by atoms with Crippen LogP contribution >= 0.6 is 0 Å². The summed E-state index contributed by atoms with van der Waals surface area (Å²) in [7, 11) is -2.28. The number of nitrogens with one attached hydrogen (secondary N) is 1. The Bertz CT molecular complexity index is 707. The fraction of sp³-hybridized carbons (Fsp3) is 0.562. The highest BCUT2D eigenvalue weighted by Crippen LogP contribution is 2.25. The third-order valence-corrected chi connectivity index (χ3v) is 5.64. The molecule has 23 heavy (non-hydrogen) atoms. The van der Waals surface area contributed by atoms with Gasteiger partial charge in [-0.15, -0.1) is 0 Å². The van der Waals surface area contributed by atoms with E-state index < -0.39 is 26.3 Å². The van der Waals surface area contributed by atoms with E-state index in [1.54, 1.807) is 32.7 Å². The van der Waals surface area contributed by atoms with Gasteiger partial charge >= 0.3 is 0 Å². The summed E-state index contributed by atoms with van der Waals surface area (Å²) in [6, 6.07) is 3.69. The molecule has 1 aromatic rings. The maximum absolute atomic E-state index is 14.3. The summed E-state index contributed by atoms with van der Waals surface area (Å²) in [6.45, 7) is 5.02. The van der Waals surface area contributed by atoms with E-state index in [1.807, 2.05) is 0 Å². The number of carbonyl (C=O) groups excluding carboxylic acids is 1. The topological polar surface area (TPSA) is 66.5 Å². The first-order valence-electron chi connectivity index (χ1n) is 7.62. The lowest BCUT2D eigenvalue weighted by Crippen LogP contribution is -2.41. The van der Waals surface area contributed by atoms with Crippen molar-refractivity contribution < 1.29 is 17.6 Å². The highest BCUT2D eigenvalue weighted by atomic mass is 32.2. The zero-order valence-corrected chi connectivity index (χ0v) is 14.7. The molecule has 2 rings (SSSR count). The molecule has 0 saturated heterocycles. The summed E-state index contributed by atoms with van der Waals surface area (Å²) in [4.78, 5) is 13.5. The van der Waals surface area contributed by atoms with Crippen molar-refractivity contribution in [2.75, 3.05) is 7.05 Å². The number of hydrogen-bond acceptors (Lipinski definition) is 3. The molecule has 1 aliphatic rings. The number of benzene rings is 1. The van der Waals surface area contributed by atoms with E-state index in [4.69, 9.17) is 0 Å². The van der Waals surface area contributed by atoms with Crippen LogP contribution in [0.4, 0.5) is 4.39 Å². The molecule has 0 aliphatic heterocycles. The average Bonchev–Trinajstić information content (AvgIpc) is 2.32. The van der Waals surface area contributed by atoms with Crippen LogP contribution in [0.2, 0.25) is 0 Å². The SMILES string of the molecule is CN(C(=O)c1ccc(S(=O)(=O)NC(C)(C)C)c(F)c1)C1CCC1. The number of nitrogens with zero attached hydrogens (tertiary/aromatic N) is 1. The molecular weight excluding hydrogens is 319 g/mol. The van der Waals surface area contributed by atoms with Crippen molar-refractivity contribution >= 4 is 15.9 Å². The van der Waals surface area contributed by atoms with E-state index in [-0.39, 0.29) is 17.5 Å². The van der Waals surface area contributed by atoms with Crippen molar-refractivity contribution in [3.8, 4) is 0 Å². The summed E-state index contributed by atoms with van der Waals surface area (Å²) in [6.07, 6.45) is 2.99. The van der Waals surface area contributed by atoms with Gasteiger partial charge in [-0.1, -0.05) is 0 Å². The first-order chi connectivity index (χ1) is 10.5. The number of hydrogen-bond donors (Lipinski definition) is 1. The smallest absolute Gasteiger partial charge is 0.253 e. The van der Waals surface area contributed by atoms with Crippen LogP contribution in [-0.2, 0) is 10.0 Å². The van der Waals surface area contributed by atoms with Crippen molar-refractivity contribution in [3.63, 3.8) is 0 Å². The van der Waals surface area contributed by atoms with Gasteiger partial charge in [-0.05, 0) is 58.2 Å². The van der Waals surface area contributed by atoms with Gasteiger partial charge in [0.25, 0.3) is 5.91 Å². The molecule has 1 aliphatic carbocycles. The Morgan fingerprint density at radius 3 is 2.35 bits per heavy atom. The van der Waals surface area contributed by atoms with E-state index in [0.717, 1.165) is 31.4 Å². The highest BCUT2D eigenvalue weighted by Gasteiger charge is 2.28. The second-order valence-electron chi connectivity index (χ2n) is 7.00. The molecule has 7 heteroatoms. The lowest BCUT2D eigenvalue weighted by Gasteiger charge is -2.34. The Kier molecular flexibility index (Phi) is 4.82. The van der Waals surface area contributed by atoms with Gasteiger partial charge in [0, 0.05) is 24.2 Å². The Morgan fingerprint density at radius 2 is 1.91 bits per heavy atom. The molecule has 1 fully saturated rings. The molecule has 128 valence electrons. The summed E-state index contributed by atoms with van der Waals surface area (Å²) in [5.74, 6) is -1.21. The van der Waals surface area contributed by atoms with Crippen LogP contribution in [0.15, 0.2) is 23.1 Å². The second-order valence-corrected chi connectivity index (χ2v) is 8.65. The molecular formula is C16H23FN2O3S. The summed E-state index contributed by atoms with van der Waals surface area (Å²) in [5, 5.41) is 0. The van der Waals surface area contributed by atoms with Crippen LogP contribution < -0.4 is 4.72 Å². The molecule has 1 N–H and O–H groups in total. The lowest BCUT2D eigenvalue weighted by atomic mass is 9.91. The maximum atomic E-state index is 14.3. The van der Waals surface area contributed by atoms with Gasteiger partial charge in [0.2, 0.25) is 10.0 Å². The van der Waals surface area contributed by atoms with E-state index in [0.29, 0.717) is 0 Å². The van der Waals surface area contributed by atoms with Crippen molar-refractivity contribution in [3.05, 3.63) is 29.6 Å². The molecule has 0 aromatic heterocycles. The minimum Gasteiger partial charge on any atom is -0.339 e. The molecule has 1 amide bonds. The largest absolute Gasteiger partial charge is 0.339 e. The van der Waals surface area contributed by atoms with Crippen LogP contribution in [0.5, 0.6) is 0 Å². The summed E-state index contributed by atoms with van der Waals surface area (Å²) < 4.78 is 41.1. The summed E-state index contributed by atoms with van der Waals surface area (Å²) in [5.41, 5.74) is -0.559. The predicted molar refractivity (Wildman–Crippen MR) is 86.2 cm³/mol. The molecule has 0 bridgehead atoms. The van der Waals surface area contributed by atoms with Gasteiger partial charge < -0.3 is 4.90 Å². The number of amides is 1. The third kappa shape index (κ3) is 4.09. The van der Waals surface area contributed by atoms with E-state index in [1.165, 1.54) is 6.07 Å². The standard InChI is InChI=1S/C16H23FN2O3S/c1-16(2,3)18-23(21,22)14-9-8-11(10-13(14)17)15(20)19(4)12-6-5-7-12/h8-10,12,18H,5-7H2,1-4H3. The normalized spacial score (nSPS) is 16.0. The van der Waals surface area contributed by atoms with Crippen molar-refractivity contribution in [1.82, 2.24) is 9.62 Å². The Morgan fingerprint density at radius 1 is 1.30 bits per heavy atom. The van der Waals surface area contributed by atoms with Crippen LogP contribution in [0, 0.1) is 5.82 Å². The van der Waals surface area contributed by atoms with Crippen molar-refractivity contribution in [2.24, 2.45) is 0 Å². The zero-order valence-electron chi connectivity index (χ0n) is 13.9. The van der Waals surface area contributed by atoms with Gasteiger partial charge in [0.1, 0.15) is 10.7 Å². The van der Waals surface area contributed by atoms with Gasteiger partial charge in [0.15, 0.2) is 0 Å². The van der Waals surface area contributed by atoms with Gasteiger partial charge in [-0.3, -0.25) is 4.79 Å². The maximum Gasteiger partial charge on any atom is 0.253 e. The lowest BCUT2D eigenvalue weighted by molar-refractivity contribution is 0.0651. The molecule has 0 radical (unpaired) electrons. The van der Waals surface area contributed by atoms with Crippen LogP contribution in [0.3, 0.4) is 0 Å². The van der Waals surface area contributed by atoms with Crippen LogP contribution in [0.1, 0.15) is 50.4 Å². The molecule has 0 unspecified atom stereocenters. The van der Waals surface area contributed by atoms with Gasteiger partial charge in [-0.2, -0.15) is 0 Å². The predicted octanol–water partition coefficient (Wildman–Crippen LogP) is 2.53. The van der Waals surface area contributed by atoms with Crippen molar-refractivity contribution in [2.45, 2.75) is 56.5 Å². The molecule has 5 nitrogen and oxygen atoms in total. The van der Waals surface area contributed by atoms with Crippen LogP contribution in [0.25, 0.3) is 0 Å². The van der Waals surface area contributed by atoms with Gasteiger partial charge in [-0.25, -0.2) is 17.5 Å². The minimum absolute atomic E-state index is 0.159. The Balaban J connectivity index is 2.25. The third-order valence-electron chi connectivity index (χ3n) is 3.85. The number of sulfonamides is 1. The Labute approximate surface area is 136 Å². The quantitative estimate of drug-likeness (QED) is 0.914. The fourth-order valence-corrected chi connectivity index (χ4v) is 3.93.